The summed E-state index contributed by atoms with van der Waals surface area (Å²) in [7, 11) is 1.54. The molecule has 0 radical (unpaired) electrons. The van der Waals surface area contributed by atoms with Crippen molar-refractivity contribution in [3.63, 3.8) is 0 Å². The summed E-state index contributed by atoms with van der Waals surface area (Å²) in [6, 6.07) is 3.79. The van der Waals surface area contributed by atoms with Gasteiger partial charge >= 0.3 is 0 Å². The fourth-order valence-corrected chi connectivity index (χ4v) is 2.31. The fraction of sp³-hybridized carbons (Fsp3) is 0.231. The van der Waals surface area contributed by atoms with E-state index in [-0.39, 0.29) is 17.9 Å². The maximum atomic E-state index is 13.6. The molecule has 0 fully saturated rings. The summed E-state index contributed by atoms with van der Waals surface area (Å²) >= 11 is 1.49. The average Bonchev–Trinajstić information content (AvgIpc) is 2.74. The summed E-state index contributed by atoms with van der Waals surface area (Å²) < 4.78 is 13.6. The highest BCUT2D eigenvalue weighted by molar-refractivity contribution is 7.09. The van der Waals surface area contributed by atoms with E-state index in [1.807, 2.05) is 12.3 Å². The molecular weight excluding hydrogens is 267 g/mol. The predicted octanol–water partition coefficient (Wildman–Crippen LogP) is 2.57. The number of phenolic OH excluding ortho intramolecular Hbond substituents is 1. The molecular formula is C13H13FN2O2S. The number of carbonyl (C=O) groups excluding carboxylic acids is 1. The monoisotopic (exact) mass is 280 g/mol. The molecule has 6 heteroatoms. The summed E-state index contributed by atoms with van der Waals surface area (Å²) in [6.45, 7) is 2.15. The number of hydrogen-bond donors (Lipinski definition) is 1. The van der Waals surface area contributed by atoms with Crippen LogP contribution in [0.1, 0.15) is 21.1 Å². The Morgan fingerprint density at radius 1 is 1.53 bits per heavy atom. The zero-order valence-corrected chi connectivity index (χ0v) is 11.4. The maximum absolute atomic E-state index is 13.6. The lowest BCUT2D eigenvalue weighted by atomic mass is 10.1. The van der Waals surface area contributed by atoms with Gasteiger partial charge in [-0.15, -0.1) is 11.3 Å². The summed E-state index contributed by atoms with van der Waals surface area (Å²) in [6.07, 6.45) is 0. The van der Waals surface area contributed by atoms with Crippen LogP contribution in [0.3, 0.4) is 0 Å². The number of aromatic nitrogens is 1. The zero-order valence-electron chi connectivity index (χ0n) is 10.6. The number of rotatable bonds is 3. The first-order valence-electron chi connectivity index (χ1n) is 5.63. The van der Waals surface area contributed by atoms with Crippen LogP contribution < -0.4 is 0 Å². The number of thiazole rings is 1. The van der Waals surface area contributed by atoms with Gasteiger partial charge in [0.2, 0.25) is 0 Å². The first kappa shape index (κ1) is 13.5. The Bertz CT molecular complexity index is 592. The molecule has 1 amide bonds. The van der Waals surface area contributed by atoms with E-state index in [0.29, 0.717) is 0 Å². The molecule has 2 aromatic rings. The van der Waals surface area contributed by atoms with Crippen LogP contribution in [0.15, 0.2) is 23.6 Å². The summed E-state index contributed by atoms with van der Waals surface area (Å²) in [5.41, 5.74) is 0.436. The molecule has 1 aromatic heterocycles. The van der Waals surface area contributed by atoms with E-state index in [2.05, 4.69) is 4.98 Å². The number of halogens is 1. The highest BCUT2D eigenvalue weighted by atomic mass is 32.1. The number of aryl methyl sites for hydroxylation is 1. The average molecular weight is 280 g/mol. The molecule has 0 aliphatic rings. The smallest absolute Gasteiger partial charge is 0.260 e. The summed E-state index contributed by atoms with van der Waals surface area (Å²) in [4.78, 5) is 17.7. The second-order valence-electron chi connectivity index (χ2n) is 4.15. The Morgan fingerprint density at radius 2 is 2.26 bits per heavy atom. The molecule has 1 heterocycles. The van der Waals surface area contributed by atoms with Crippen LogP contribution in [-0.2, 0) is 6.54 Å². The van der Waals surface area contributed by atoms with Gasteiger partial charge in [-0.3, -0.25) is 4.79 Å². The number of benzene rings is 1. The van der Waals surface area contributed by atoms with Crippen molar-refractivity contribution in [2.45, 2.75) is 13.5 Å². The van der Waals surface area contributed by atoms with Gasteiger partial charge < -0.3 is 10.0 Å². The lowest BCUT2D eigenvalue weighted by molar-refractivity contribution is 0.0775. The van der Waals surface area contributed by atoms with Crippen molar-refractivity contribution >= 4 is 17.2 Å². The lowest BCUT2D eigenvalue weighted by Gasteiger charge is -2.17. The first-order valence-corrected chi connectivity index (χ1v) is 6.51. The minimum Gasteiger partial charge on any atom is -0.507 e. The van der Waals surface area contributed by atoms with Gasteiger partial charge in [0.15, 0.2) is 0 Å². The maximum Gasteiger partial charge on any atom is 0.260 e. The molecule has 2 rings (SSSR count). The van der Waals surface area contributed by atoms with Gasteiger partial charge in [-0.1, -0.05) is 6.07 Å². The van der Waals surface area contributed by atoms with Gasteiger partial charge in [-0.2, -0.15) is 0 Å². The normalized spacial score (nSPS) is 10.5. The Labute approximate surface area is 114 Å². The van der Waals surface area contributed by atoms with Crippen molar-refractivity contribution in [3.05, 3.63) is 45.7 Å². The summed E-state index contributed by atoms with van der Waals surface area (Å²) in [5.74, 6) is -1.65. The molecule has 100 valence electrons. The van der Waals surface area contributed by atoms with E-state index in [1.165, 1.54) is 28.4 Å². The molecule has 0 unspecified atom stereocenters. The second kappa shape index (κ2) is 5.36. The van der Waals surface area contributed by atoms with Gasteiger partial charge in [0.25, 0.3) is 5.91 Å². The zero-order chi connectivity index (χ0) is 14.0. The Hall–Kier alpha value is -1.95. The van der Waals surface area contributed by atoms with Crippen molar-refractivity contribution in [1.82, 2.24) is 9.88 Å². The van der Waals surface area contributed by atoms with E-state index < -0.39 is 11.7 Å². The number of nitrogens with zero attached hydrogens (tertiary/aromatic N) is 2. The number of amides is 1. The standard InChI is InChI=1S/C13H13FN2O2S/c1-8-15-9(7-19-8)6-16(2)13(18)12-10(14)4-3-5-11(12)17/h3-5,7,17H,6H2,1-2H3. The molecule has 0 saturated carbocycles. The predicted molar refractivity (Wildman–Crippen MR) is 70.7 cm³/mol. The lowest BCUT2D eigenvalue weighted by Crippen LogP contribution is -2.27. The molecule has 0 spiro atoms. The van der Waals surface area contributed by atoms with E-state index in [0.717, 1.165) is 16.8 Å². The largest absolute Gasteiger partial charge is 0.507 e. The Kier molecular flexibility index (Phi) is 3.80. The van der Waals surface area contributed by atoms with Crippen LogP contribution in [0.4, 0.5) is 4.39 Å². The van der Waals surface area contributed by atoms with Gasteiger partial charge in [0.05, 0.1) is 17.2 Å². The van der Waals surface area contributed by atoms with Crippen molar-refractivity contribution in [3.8, 4) is 5.75 Å². The topological polar surface area (TPSA) is 53.4 Å². The van der Waals surface area contributed by atoms with Crippen molar-refractivity contribution in [2.24, 2.45) is 0 Å². The third-order valence-corrected chi connectivity index (χ3v) is 3.44. The molecule has 0 saturated heterocycles. The fourth-order valence-electron chi connectivity index (χ4n) is 1.71. The molecule has 1 aromatic carbocycles. The number of aromatic hydroxyl groups is 1. The van der Waals surface area contributed by atoms with Crippen LogP contribution in [0, 0.1) is 12.7 Å². The number of phenols is 1. The first-order chi connectivity index (χ1) is 8.99. The van der Waals surface area contributed by atoms with Crippen LogP contribution >= 0.6 is 11.3 Å². The minimum atomic E-state index is -0.730. The van der Waals surface area contributed by atoms with Crippen LogP contribution in [0.25, 0.3) is 0 Å². The van der Waals surface area contributed by atoms with Crippen molar-refractivity contribution in [2.75, 3.05) is 7.05 Å². The third kappa shape index (κ3) is 2.90. The van der Waals surface area contributed by atoms with Gasteiger partial charge in [-0.05, 0) is 19.1 Å². The summed E-state index contributed by atoms with van der Waals surface area (Å²) in [5, 5.41) is 12.3. The van der Waals surface area contributed by atoms with Gasteiger partial charge in [0, 0.05) is 12.4 Å². The minimum absolute atomic E-state index is 0.275. The van der Waals surface area contributed by atoms with Crippen LogP contribution in [-0.4, -0.2) is 27.9 Å². The quantitative estimate of drug-likeness (QED) is 0.940. The van der Waals surface area contributed by atoms with Gasteiger partial charge in [-0.25, -0.2) is 9.37 Å². The Morgan fingerprint density at radius 3 is 2.84 bits per heavy atom. The Balaban J connectivity index is 2.19. The van der Waals surface area contributed by atoms with E-state index in [4.69, 9.17) is 0 Å². The van der Waals surface area contributed by atoms with E-state index >= 15 is 0 Å². The SMILES string of the molecule is Cc1nc(CN(C)C(=O)c2c(O)cccc2F)cs1. The highest BCUT2D eigenvalue weighted by Crippen LogP contribution is 2.22. The van der Waals surface area contributed by atoms with E-state index in [9.17, 15) is 14.3 Å². The number of hydrogen-bond acceptors (Lipinski definition) is 4. The molecule has 0 aliphatic heterocycles. The van der Waals surface area contributed by atoms with E-state index in [1.54, 1.807) is 7.05 Å². The molecule has 0 aliphatic carbocycles. The van der Waals surface area contributed by atoms with Gasteiger partial charge in [0.1, 0.15) is 17.1 Å². The van der Waals surface area contributed by atoms with Crippen LogP contribution in [0.5, 0.6) is 5.75 Å². The highest BCUT2D eigenvalue weighted by Gasteiger charge is 2.20. The molecule has 0 atom stereocenters. The molecule has 0 bridgehead atoms. The molecule has 1 N–H and O–H groups in total. The third-order valence-electron chi connectivity index (χ3n) is 2.62. The van der Waals surface area contributed by atoms with Crippen molar-refractivity contribution in [1.29, 1.82) is 0 Å². The van der Waals surface area contributed by atoms with Crippen molar-refractivity contribution < 1.29 is 14.3 Å². The number of carbonyl (C=O) groups is 1. The molecule has 19 heavy (non-hydrogen) atoms. The molecule has 4 nitrogen and oxygen atoms in total. The van der Waals surface area contributed by atoms with Crippen LogP contribution in [0.2, 0.25) is 0 Å². The second-order valence-corrected chi connectivity index (χ2v) is 5.22.